The third-order valence-electron chi connectivity index (χ3n) is 8.18. The average molecular weight is 694 g/mol. The Balaban J connectivity index is 1.42. The largest absolute Gasteiger partial charge is 0.444 e. The highest BCUT2D eigenvalue weighted by Gasteiger charge is 2.35. The van der Waals surface area contributed by atoms with Crippen LogP contribution in [0.5, 0.6) is 0 Å². The van der Waals surface area contributed by atoms with E-state index in [9.17, 15) is 14.9 Å². The second-order valence-electron chi connectivity index (χ2n) is 13.9. The first-order valence-corrected chi connectivity index (χ1v) is 16.8. The predicted molar refractivity (Wildman–Crippen MR) is 180 cm³/mol. The number of benzene rings is 1. The highest BCUT2D eigenvalue weighted by molar-refractivity contribution is 7.23. The van der Waals surface area contributed by atoms with Gasteiger partial charge in [-0.15, -0.1) is 11.3 Å². The van der Waals surface area contributed by atoms with Crippen molar-refractivity contribution in [3.05, 3.63) is 40.7 Å². The van der Waals surface area contributed by atoms with Gasteiger partial charge in [0.05, 0.1) is 41.4 Å². The zero-order valence-electron chi connectivity index (χ0n) is 28.4. The van der Waals surface area contributed by atoms with Crippen molar-refractivity contribution >= 4 is 55.5 Å². The van der Waals surface area contributed by atoms with Crippen LogP contribution >= 0.6 is 11.3 Å². The molecule has 2 aliphatic rings. The lowest BCUT2D eigenvalue weighted by molar-refractivity contribution is 0.0190. The minimum atomic E-state index is -0.821. The summed E-state index contributed by atoms with van der Waals surface area (Å²) in [6.07, 6.45) is 1.96. The molecule has 1 unspecified atom stereocenters. The minimum Gasteiger partial charge on any atom is -0.444 e. The number of hydrogen-bond donors (Lipinski definition) is 1. The summed E-state index contributed by atoms with van der Waals surface area (Å²) in [6, 6.07) is 1.89. The molecule has 0 aliphatic carbocycles. The summed E-state index contributed by atoms with van der Waals surface area (Å²) in [5.74, 6) is -1.17. The van der Waals surface area contributed by atoms with Gasteiger partial charge >= 0.3 is 12.2 Å². The number of anilines is 2. The normalized spacial score (nSPS) is 16.2. The standard InChI is InChI=1S/C34H37F2N7O5S/c1-8-43(32(45)48-34(5,6)7)17-9-10-42(14-17)30-39-12-19-20-15-46-16-21(20)23(25(36)26(19)40-30)27-24-18(11-37)29(41-31(44)47-33(2,3)4)49-28(24)22(35)13-38-27/h12-13,17H,8-10,14-16H2,1-7H3,(H,41,44). The van der Waals surface area contributed by atoms with Gasteiger partial charge < -0.3 is 24.0 Å². The molecule has 4 aromatic rings. The molecular formula is C34H37F2N7O5S. The fraction of sp³-hybridized carbons (Fsp3) is 0.471. The van der Waals surface area contributed by atoms with Gasteiger partial charge in [0.1, 0.15) is 27.8 Å². The number of aromatic nitrogens is 3. The molecule has 2 amide bonds. The van der Waals surface area contributed by atoms with Gasteiger partial charge in [0.15, 0.2) is 11.6 Å². The number of fused-ring (bicyclic) bond motifs is 4. The second-order valence-corrected chi connectivity index (χ2v) is 15.0. The van der Waals surface area contributed by atoms with Crippen LogP contribution in [0.3, 0.4) is 0 Å². The first kappa shape index (κ1) is 34.2. The van der Waals surface area contributed by atoms with Gasteiger partial charge in [0.2, 0.25) is 5.95 Å². The van der Waals surface area contributed by atoms with Crippen LogP contribution in [0, 0.1) is 23.0 Å². The molecule has 0 radical (unpaired) electrons. The lowest BCUT2D eigenvalue weighted by Gasteiger charge is -2.30. The van der Waals surface area contributed by atoms with Gasteiger partial charge in [-0.05, 0) is 66.0 Å². The molecule has 49 heavy (non-hydrogen) atoms. The number of carbonyl (C=O) groups is 2. The molecule has 2 aliphatic heterocycles. The number of rotatable bonds is 5. The third-order valence-corrected chi connectivity index (χ3v) is 9.29. The van der Waals surface area contributed by atoms with E-state index in [0.717, 1.165) is 17.5 Å². The third kappa shape index (κ3) is 6.54. The average Bonchev–Trinajstić information content (AvgIpc) is 3.76. The Kier molecular flexibility index (Phi) is 8.83. The number of nitrogens with zero attached hydrogens (tertiary/aromatic N) is 6. The molecule has 5 heterocycles. The summed E-state index contributed by atoms with van der Waals surface area (Å²) in [6.45, 7) is 14.1. The molecule has 1 atom stereocenters. The Morgan fingerprint density at radius 1 is 1.12 bits per heavy atom. The van der Waals surface area contributed by atoms with Crippen LogP contribution in [-0.2, 0) is 27.4 Å². The van der Waals surface area contributed by atoms with Crippen molar-refractivity contribution in [1.29, 1.82) is 5.26 Å². The Morgan fingerprint density at radius 3 is 2.51 bits per heavy atom. The number of nitrogens with one attached hydrogen (secondary N) is 1. The molecule has 1 aromatic carbocycles. The van der Waals surface area contributed by atoms with E-state index in [1.165, 1.54) is 0 Å². The number of hydrogen-bond acceptors (Lipinski definition) is 11. The molecule has 0 bridgehead atoms. The Morgan fingerprint density at radius 2 is 1.84 bits per heavy atom. The number of thiophene rings is 1. The number of amides is 2. The topological polar surface area (TPSA) is 143 Å². The minimum absolute atomic E-state index is 0.0207. The molecule has 0 spiro atoms. The molecule has 258 valence electrons. The molecular weight excluding hydrogens is 656 g/mol. The van der Waals surface area contributed by atoms with Crippen LogP contribution in [0.25, 0.3) is 32.2 Å². The smallest absolute Gasteiger partial charge is 0.412 e. The van der Waals surface area contributed by atoms with Gasteiger partial charge in [-0.25, -0.2) is 28.3 Å². The Hall–Kier alpha value is -4.68. The maximum absolute atomic E-state index is 16.9. The van der Waals surface area contributed by atoms with Gasteiger partial charge in [-0.1, -0.05) is 0 Å². The van der Waals surface area contributed by atoms with E-state index in [4.69, 9.17) is 14.2 Å². The first-order chi connectivity index (χ1) is 23.1. The van der Waals surface area contributed by atoms with E-state index >= 15 is 8.78 Å². The molecule has 1 saturated heterocycles. The molecule has 12 nitrogen and oxygen atoms in total. The van der Waals surface area contributed by atoms with Crippen molar-refractivity contribution < 1.29 is 32.6 Å². The monoisotopic (exact) mass is 693 g/mol. The fourth-order valence-corrected chi connectivity index (χ4v) is 7.23. The van der Waals surface area contributed by atoms with Gasteiger partial charge in [0, 0.05) is 42.2 Å². The molecule has 0 saturated carbocycles. The summed E-state index contributed by atoms with van der Waals surface area (Å²) >= 11 is 0.837. The molecule has 3 aromatic heterocycles. The number of pyridine rings is 1. The van der Waals surface area contributed by atoms with E-state index < -0.39 is 35.0 Å². The van der Waals surface area contributed by atoms with Crippen molar-refractivity contribution in [1.82, 2.24) is 19.9 Å². The molecule has 1 fully saturated rings. The highest BCUT2D eigenvalue weighted by Crippen LogP contribution is 2.46. The Labute approximate surface area is 286 Å². The summed E-state index contributed by atoms with van der Waals surface area (Å²) in [5.41, 5.74) is -0.278. The van der Waals surface area contributed by atoms with E-state index in [-0.39, 0.29) is 62.6 Å². The quantitative estimate of drug-likeness (QED) is 0.227. The second kappa shape index (κ2) is 12.6. The van der Waals surface area contributed by atoms with Crippen molar-refractivity contribution in [2.24, 2.45) is 0 Å². The molecule has 6 rings (SSSR count). The summed E-state index contributed by atoms with van der Waals surface area (Å²) < 4.78 is 48.9. The van der Waals surface area contributed by atoms with E-state index in [0.29, 0.717) is 42.6 Å². The van der Waals surface area contributed by atoms with Crippen molar-refractivity contribution in [2.75, 3.05) is 29.9 Å². The number of carbonyl (C=O) groups excluding carboxylic acids is 2. The SMILES string of the molecule is CCN(C(=O)OC(C)(C)C)C1CCN(c2ncc3c4c(c(-c5ncc(F)c6sc(NC(=O)OC(C)(C)C)c(C#N)c56)c(F)c3n2)COC4)C1. The van der Waals surface area contributed by atoms with Crippen LogP contribution in [-0.4, -0.2) is 68.9 Å². The van der Waals surface area contributed by atoms with E-state index in [2.05, 4.69) is 20.3 Å². The van der Waals surface area contributed by atoms with Crippen LogP contribution in [0.15, 0.2) is 12.4 Å². The summed E-state index contributed by atoms with van der Waals surface area (Å²) in [5, 5.41) is 13.3. The predicted octanol–water partition coefficient (Wildman–Crippen LogP) is 7.27. The highest BCUT2D eigenvalue weighted by atomic mass is 32.1. The number of halogens is 2. The summed E-state index contributed by atoms with van der Waals surface area (Å²) in [7, 11) is 0. The lowest BCUT2D eigenvalue weighted by atomic mass is 9.94. The molecule has 1 N–H and O–H groups in total. The maximum atomic E-state index is 16.9. The first-order valence-electron chi connectivity index (χ1n) is 15.9. The van der Waals surface area contributed by atoms with Crippen LogP contribution in [0.1, 0.15) is 71.6 Å². The van der Waals surface area contributed by atoms with Gasteiger partial charge in [-0.3, -0.25) is 10.3 Å². The fourth-order valence-electron chi connectivity index (χ4n) is 6.19. The van der Waals surface area contributed by atoms with Crippen LogP contribution in [0.4, 0.5) is 29.3 Å². The van der Waals surface area contributed by atoms with Crippen LogP contribution in [0.2, 0.25) is 0 Å². The zero-order valence-corrected chi connectivity index (χ0v) is 29.2. The number of likely N-dealkylation sites (N-methyl/N-ethyl adjacent to an activating group) is 1. The van der Waals surface area contributed by atoms with E-state index in [1.807, 2.05) is 38.7 Å². The Bertz CT molecular complexity index is 2030. The number of nitriles is 1. The van der Waals surface area contributed by atoms with Gasteiger partial charge in [-0.2, -0.15) is 5.26 Å². The van der Waals surface area contributed by atoms with E-state index in [1.54, 1.807) is 31.9 Å². The maximum Gasteiger partial charge on any atom is 0.412 e. The van der Waals surface area contributed by atoms with Crippen molar-refractivity contribution in [2.45, 2.75) is 85.3 Å². The van der Waals surface area contributed by atoms with Crippen molar-refractivity contribution in [3.63, 3.8) is 0 Å². The zero-order chi connectivity index (χ0) is 35.4. The van der Waals surface area contributed by atoms with Crippen LogP contribution < -0.4 is 10.2 Å². The van der Waals surface area contributed by atoms with Crippen molar-refractivity contribution in [3.8, 4) is 17.3 Å². The summed E-state index contributed by atoms with van der Waals surface area (Å²) in [4.78, 5) is 42.6. The van der Waals surface area contributed by atoms with Gasteiger partial charge in [0.25, 0.3) is 0 Å². The number of ether oxygens (including phenoxy) is 3. The molecule has 15 heteroatoms. The lowest BCUT2D eigenvalue weighted by Crippen LogP contribution is -2.44.